The van der Waals surface area contributed by atoms with E-state index in [0.29, 0.717) is 24.3 Å². The fourth-order valence-corrected chi connectivity index (χ4v) is 2.00. The number of benzene rings is 1. The molecule has 1 unspecified atom stereocenters. The molecular formula is C13H18N2O2S. The van der Waals surface area contributed by atoms with E-state index in [4.69, 9.17) is 21.7 Å². The van der Waals surface area contributed by atoms with E-state index in [-0.39, 0.29) is 6.10 Å². The summed E-state index contributed by atoms with van der Waals surface area (Å²) in [6, 6.07) is 8.01. The largest absolute Gasteiger partial charge is 0.486 e. The monoisotopic (exact) mass is 266 g/mol. The van der Waals surface area contributed by atoms with Crippen LogP contribution in [0.25, 0.3) is 0 Å². The molecule has 0 bridgehead atoms. The third-order valence-corrected chi connectivity index (χ3v) is 2.74. The van der Waals surface area contributed by atoms with Gasteiger partial charge in [0.15, 0.2) is 16.6 Å². The van der Waals surface area contributed by atoms with Gasteiger partial charge in [0.05, 0.1) is 6.54 Å². The Kier molecular flexibility index (Phi) is 4.25. The molecule has 18 heavy (non-hydrogen) atoms. The number of thiocarbonyl (C=S) groups is 1. The molecular weight excluding hydrogens is 248 g/mol. The average molecular weight is 266 g/mol. The van der Waals surface area contributed by atoms with Crippen molar-refractivity contribution in [1.29, 1.82) is 0 Å². The third kappa shape index (κ3) is 3.50. The molecule has 1 atom stereocenters. The van der Waals surface area contributed by atoms with Gasteiger partial charge in [-0.25, -0.2) is 0 Å². The molecule has 1 aromatic rings. The van der Waals surface area contributed by atoms with E-state index in [9.17, 15) is 0 Å². The van der Waals surface area contributed by atoms with Crippen LogP contribution < -0.4 is 20.1 Å². The maximum absolute atomic E-state index is 5.81. The summed E-state index contributed by atoms with van der Waals surface area (Å²) in [7, 11) is 0. The maximum Gasteiger partial charge on any atom is 0.166 e. The normalized spacial score (nSPS) is 17.4. The second kappa shape index (κ2) is 5.91. The summed E-state index contributed by atoms with van der Waals surface area (Å²) in [6.45, 7) is 5.26. The van der Waals surface area contributed by atoms with Gasteiger partial charge in [0, 0.05) is 6.04 Å². The minimum atomic E-state index is -0.0215. The zero-order valence-corrected chi connectivity index (χ0v) is 11.4. The zero-order valence-electron chi connectivity index (χ0n) is 10.6. The van der Waals surface area contributed by atoms with E-state index >= 15 is 0 Å². The molecule has 0 spiro atoms. The third-order valence-electron chi connectivity index (χ3n) is 2.48. The highest BCUT2D eigenvalue weighted by atomic mass is 32.1. The summed E-state index contributed by atoms with van der Waals surface area (Å²) >= 11 is 5.16. The number of nitrogens with one attached hydrogen (secondary N) is 2. The standard InChI is InChI=1S/C13H18N2O2S/c1-9(2)15-13(18)14-7-10-8-16-11-5-3-4-6-12(11)17-10/h3-6,9-10H,7-8H2,1-2H3,(H2,14,15,18). The van der Waals surface area contributed by atoms with Gasteiger partial charge in [-0.1, -0.05) is 12.1 Å². The van der Waals surface area contributed by atoms with E-state index in [1.807, 2.05) is 38.1 Å². The minimum Gasteiger partial charge on any atom is -0.486 e. The van der Waals surface area contributed by atoms with E-state index < -0.39 is 0 Å². The van der Waals surface area contributed by atoms with Gasteiger partial charge in [-0.05, 0) is 38.2 Å². The van der Waals surface area contributed by atoms with Crippen LogP contribution in [-0.2, 0) is 0 Å². The molecule has 0 aromatic heterocycles. The van der Waals surface area contributed by atoms with Crippen LogP contribution in [0, 0.1) is 0 Å². The van der Waals surface area contributed by atoms with Gasteiger partial charge in [-0.2, -0.15) is 0 Å². The summed E-state index contributed by atoms with van der Waals surface area (Å²) in [6.07, 6.45) is -0.0215. The summed E-state index contributed by atoms with van der Waals surface area (Å²) in [5.41, 5.74) is 0. The van der Waals surface area contributed by atoms with Crippen molar-refractivity contribution in [1.82, 2.24) is 10.6 Å². The van der Waals surface area contributed by atoms with Crippen LogP contribution in [0.15, 0.2) is 24.3 Å². The second-order valence-electron chi connectivity index (χ2n) is 4.51. The van der Waals surface area contributed by atoms with Gasteiger partial charge < -0.3 is 20.1 Å². The molecule has 5 heteroatoms. The van der Waals surface area contributed by atoms with Gasteiger partial charge in [0.2, 0.25) is 0 Å². The number of hydrogen-bond donors (Lipinski definition) is 2. The summed E-state index contributed by atoms with van der Waals surface area (Å²) in [5, 5.41) is 6.90. The molecule has 1 aromatic carbocycles. The lowest BCUT2D eigenvalue weighted by atomic mass is 10.2. The predicted molar refractivity (Wildman–Crippen MR) is 75.2 cm³/mol. The lowest BCUT2D eigenvalue weighted by Gasteiger charge is -2.27. The van der Waals surface area contributed by atoms with Gasteiger partial charge in [-0.15, -0.1) is 0 Å². The number of ether oxygens (including phenoxy) is 2. The first kappa shape index (κ1) is 13.0. The fourth-order valence-electron chi connectivity index (χ4n) is 1.68. The van der Waals surface area contributed by atoms with Crippen LogP contribution in [-0.4, -0.2) is 30.4 Å². The van der Waals surface area contributed by atoms with Crippen molar-refractivity contribution in [2.75, 3.05) is 13.2 Å². The Bertz CT molecular complexity index is 423. The van der Waals surface area contributed by atoms with E-state index in [0.717, 1.165) is 11.5 Å². The van der Waals surface area contributed by atoms with Crippen LogP contribution in [0.1, 0.15) is 13.8 Å². The Balaban J connectivity index is 1.81. The van der Waals surface area contributed by atoms with Gasteiger partial charge in [0.1, 0.15) is 12.7 Å². The number of fused-ring (bicyclic) bond motifs is 1. The van der Waals surface area contributed by atoms with Gasteiger partial charge in [-0.3, -0.25) is 0 Å². The lowest BCUT2D eigenvalue weighted by molar-refractivity contribution is 0.0937. The van der Waals surface area contributed by atoms with E-state index in [2.05, 4.69) is 10.6 Å². The Hall–Kier alpha value is -1.49. The van der Waals surface area contributed by atoms with Crippen LogP contribution in [0.5, 0.6) is 11.5 Å². The van der Waals surface area contributed by atoms with E-state index in [1.54, 1.807) is 0 Å². The Morgan fingerprint density at radius 2 is 2.11 bits per heavy atom. The van der Waals surface area contributed by atoms with Crippen molar-refractivity contribution in [3.8, 4) is 11.5 Å². The Morgan fingerprint density at radius 3 is 2.83 bits per heavy atom. The van der Waals surface area contributed by atoms with Crippen molar-refractivity contribution < 1.29 is 9.47 Å². The summed E-state index contributed by atoms with van der Waals surface area (Å²) in [4.78, 5) is 0. The second-order valence-corrected chi connectivity index (χ2v) is 4.91. The smallest absolute Gasteiger partial charge is 0.166 e. The van der Waals surface area contributed by atoms with Crippen molar-refractivity contribution in [3.63, 3.8) is 0 Å². The molecule has 0 fully saturated rings. The van der Waals surface area contributed by atoms with Gasteiger partial charge >= 0.3 is 0 Å². The van der Waals surface area contributed by atoms with Crippen molar-refractivity contribution in [2.24, 2.45) is 0 Å². The molecule has 1 aliphatic heterocycles. The molecule has 1 aliphatic rings. The lowest BCUT2D eigenvalue weighted by Crippen LogP contribution is -2.45. The van der Waals surface area contributed by atoms with Crippen molar-refractivity contribution >= 4 is 17.3 Å². The topological polar surface area (TPSA) is 42.5 Å². The molecule has 0 aliphatic carbocycles. The molecule has 2 N–H and O–H groups in total. The molecule has 0 saturated carbocycles. The first-order valence-electron chi connectivity index (χ1n) is 6.08. The molecule has 0 radical (unpaired) electrons. The van der Waals surface area contributed by atoms with Crippen LogP contribution >= 0.6 is 12.2 Å². The first-order chi connectivity index (χ1) is 8.65. The van der Waals surface area contributed by atoms with Crippen LogP contribution in [0.3, 0.4) is 0 Å². The number of rotatable bonds is 3. The van der Waals surface area contributed by atoms with Crippen LogP contribution in [0.2, 0.25) is 0 Å². The number of hydrogen-bond acceptors (Lipinski definition) is 3. The highest BCUT2D eigenvalue weighted by Crippen LogP contribution is 2.30. The predicted octanol–water partition coefficient (Wildman–Crippen LogP) is 1.70. The molecule has 1 heterocycles. The highest BCUT2D eigenvalue weighted by Gasteiger charge is 2.20. The van der Waals surface area contributed by atoms with Crippen molar-refractivity contribution in [3.05, 3.63) is 24.3 Å². The van der Waals surface area contributed by atoms with Gasteiger partial charge in [0.25, 0.3) is 0 Å². The average Bonchev–Trinajstić information content (AvgIpc) is 2.35. The minimum absolute atomic E-state index is 0.0215. The maximum atomic E-state index is 5.81. The summed E-state index contributed by atoms with van der Waals surface area (Å²) < 4.78 is 11.4. The van der Waals surface area contributed by atoms with Crippen LogP contribution in [0.4, 0.5) is 0 Å². The fraction of sp³-hybridized carbons (Fsp3) is 0.462. The molecule has 98 valence electrons. The zero-order chi connectivity index (χ0) is 13.0. The summed E-state index contributed by atoms with van der Waals surface area (Å²) in [5.74, 6) is 1.59. The first-order valence-corrected chi connectivity index (χ1v) is 6.49. The highest BCUT2D eigenvalue weighted by molar-refractivity contribution is 7.80. The SMILES string of the molecule is CC(C)NC(=S)NCC1COc2ccccc2O1. The Morgan fingerprint density at radius 1 is 1.39 bits per heavy atom. The van der Waals surface area contributed by atoms with Crippen molar-refractivity contribution in [2.45, 2.75) is 26.0 Å². The number of para-hydroxylation sites is 2. The molecule has 0 saturated heterocycles. The quantitative estimate of drug-likeness (QED) is 0.815. The molecule has 0 amide bonds. The van der Waals surface area contributed by atoms with E-state index in [1.165, 1.54) is 0 Å². The molecule has 2 rings (SSSR count). The Labute approximate surface area is 113 Å². The molecule has 4 nitrogen and oxygen atoms in total.